The summed E-state index contributed by atoms with van der Waals surface area (Å²) in [6, 6.07) is 13.9. The molecule has 4 rings (SSSR count). The summed E-state index contributed by atoms with van der Waals surface area (Å²) in [7, 11) is 0. The molecule has 0 atom stereocenters. The van der Waals surface area contributed by atoms with Crippen LogP contribution in [0.15, 0.2) is 53.3 Å². The number of nitrogens with zero attached hydrogens (tertiary/aromatic N) is 4. The molecule has 0 spiro atoms. The molecule has 1 fully saturated rings. The number of halogens is 1. The van der Waals surface area contributed by atoms with Crippen LogP contribution in [-0.2, 0) is 11.3 Å². The third kappa shape index (κ3) is 5.32. The van der Waals surface area contributed by atoms with Crippen molar-refractivity contribution in [2.24, 2.45) is 5.92 Å². The van der Waals surface area contributed by atoms with Crippen molar-refractivity contribution in [3.8, 4) is 0 Å². The lowest BCUT2D eigenvalue weighted by molar-refractivity contribution is -0.132. The summed E-state index contributed by atoms with van der Waals surface area (Å²) >= 11 is 0. The van der Waals surface area contributed by atoms with Crippen molar-refractivity contribution in [3.05, 3.63) is 64.8 Å². The molecule has 3 aromatic rings. The van der Waals surface area contributed by atoms with Gasteiger partial charge in [0.1, 0.15) is 18.2 Å². The van der Waals surface area contributed by atoms with Gasteiger partial charge in [0.2, 0.25) is 5.91 Å². The van der Waals surface area contributed by atoms with E-state index < -0.39 is 5.69 Å². The maximum atomic E-state index is 13.2. The first-order chi connectivity index (χ1) is 15.9. The standard InChI is InChI=1S/C25H30FN5O2/c1-18(2)11-12-27-24-21-5-3-4-6-22(21)31(25(33)28-24)17-23(32)30-15-13-29(14-16-30)20-9-7-19(26)8-10-20/h3-10,18H,11-17H2,1-2H3,(H,27,28,33). The summed E-state index contributed by atoms with van der Waals surface area (Å²) in [4.78, 5) is 34.0. The summed E-state index contributed by atoms with van der Waals surface area (Å²) in [5.74, 6) is 0.737. The Morgan fingerprint density at radius 2 is 1.76 bits per heavy atom. The Hall–Kier alpha value is -3.42. The van der Waals surface area contributed by atoms with Gasteiger partial charge >= 0.3 is 5.69 Å². The van der Waals surface area contributed by atoms with Gasteiger partial charge in [-0.25, -0.2) is 9.18 Å². The van der Waals surface area contributed by atoms with Crippen LogP contribution in [-0.4, -0.2) is 53.1 Å². The Morgan fingerprint density at radius 1 is 1.06 bits per heavy atom. The van der Waals surface area contributed by atoms with Crippen molar-refractivity contribution in [2.75, 3.05) is 42.9 Å². The van der Waals surface area contributed by atoms with E-state index in [1.165, 1.54) is 16.7 Å². The second-order valence-corrected chi connectivity index (χ2v) is 8.80. The predicted molar refractivity (Wildman–Crippen MR) is 129 cm³/mol. The molecule has 1 amide bonds. The molecule has 0 saturated carbocycles. The lowest BCUT2D eigenvalue weighted by Gasteiger charge is -2.36. The summed E-state index contributed by atoms with van der Waals surface area (Å²) in [6.07, 6.45) is 0.974. The van der Waals surface area contributed by atoms with Crippen molar-refractivity contribution in [1.82, 2.24) is 14.5 Å². The molecule has 1 aliphatic heterocycles. The van der Waals surface area contributed by atoms with Gasteiger partial charge in [-0.1, -0.05) is 26.0 Å². The van der Waals surface area contributed by atoms with Crippen molar-refractivity contribution in [1.29, 1.82) is 0 Å². The maximum Gasteiger partial charge on any atom is 0.350 e. The summed E-state index contributed by atoms with van der Waals surface area (Å²) < 4.78 is 14.6. The number of hydrogen-bond donors (Lipinski definition) is 1. The lowest BCUT2D eigenvalue weighted by Crippen LogP contribution is -2.50. The lowest BCUT2D eigenvalue weighted by atomic mass is 10.1. The number of hydrogen-bond acceptors (Lipinski definition) is 5. The van der Waals surface area contributed by atoms with Gasteiger partial charge in [-0.05, 0) is 48.7 Å². The number of fused-ring (bicyclic) bond motifs is 1. The predicted octanol–water partition coefficient (Wildman–Crippen LogP) is 3.34. The van der Waals surface area contributed by atoms with E-state index in [0.29, 0.717) is 43.4 Å². The van der Waals surface area contributed by atoms with Crippen LogP contribution in [0.1, 0.15) is 20.3 Å². The van der Waals surface area contributed by atoms with Crippen molar-refractivity contribution < 1.29 is 9.18 Å². The Bertz CT molecular complexity index is 1170. The number of anilines is 2. The van der Waals surface area contributed by atoms with Crippen LogP contribution < -0.4 is 15.9 Å². The number of benzene rings is 2. The number of piperazine rings is 1. The molecular weight excluding hydrogens is 421 g/mol. The third-order valence-electron chi connectivity index (χ3n) is 6.02. The molecule has 0 bridgehead atoms. The molecule has 2 heterocycles. The Morgan fingerprint density at radius 3 is 2.45 bits per heavy atom. The number of carbonyl (C=O) groups is 1. The molecule has 0 aliphatic carbocycles. The molecule has 7 nitrogen and oxygen atoms in total. The van der Waals surface area contributed by atoms with Crippen molar-refractivity contribution in [3.63, 3.8) is 0 Å². The van der Waals surface area contributed by atoms with Gasteiger partial charge in [-0.2, -0.15) is 4.98 Å². The fourth-order valence-corrected chi connectivity index (χ4v) is 4.10. The Kier molecular flexibility index (Phi) is 6.91. The van der Waals surface area contributed by atoms with Crippen LogP contribution in [0.4, 0.5) is 15.9 Å². The summed E-state index contributed by atoms with van der Waals surface area (Å²) in [5.41, 5.74) is 1.21. The quantitative estimate of drug-likeness (QED) is 0.597. The average Bonchev–Trinajstić information content (AvgIpc) is 2.81. The number of nitrogens with one attached hydrogen (secondary N) is 1. The second kappa shape index (κ2) is 10.0. The minimum Gasteiger partial charge on any atom is -0.369 e. The summed E-state index contributed by atoms with van der Waals surface area (Å²) in [5, 5.41) is 4.11. The summed E-state index contributed by atoms with van der Waals surface area (Å²) in [6.45, 7) is 7.39. The minimum atomic E-state index is -0.431. The van der Waals surface area contributed by atoms with E-state index in [0.717, 1.165) is 24.0 Å². The van der Waals surface area contributed by atoms with Crippen LogP contribution in [0, 0.1) is 11.7 Å². The zero-order valence-electron chi connectivity index (χ0n) is 19.1. The van der Waals surface area contributed by atoms with E-state index in [1.807, 2.05) is 24.3 Å². The van der Waals surface area contributed by atoms with E-state index in [4.69, 9.17) is 0 Å². The molecular formula is C25H30FN5O2. The van der Waals surface area contributed by atoms with Gasteiger partial charge in [0, 0.05) is 43.8 Å². The van der Waals surface area contributed by atoms with Crippen molar-refractivity contribution in [2.45, 2.75) is 26.8 Å². The molecule has 0 unspecified atom stereocenters. The largest absolute Gasteiger partial charge is 0.369 e. The zero-order valence-corrected chi connectivity index (χ0v) is 19.1. The second-order valence-electron chi connectivity index (χ2n) is 8.80. The van der Waals surface area contributed by atoms with Crippen LogP contribution in [0.2, 0.25) is 0 Å². The first-order valence-corrected chi connectivity index (χ1v) is 11.4. The van der Waals surface area contributed by atoms with Gasteiger partial charge in [-0.3, -0.25) is 9.36 Å². The molecule has 2 aromatic carbocycles. The minimum absolute atomic E-state index is 0.0465. The highest BCUT2D eigenvalue weighted by atomic mass is 19.1. The van der Waals surface area contributed by atoms with E-state index in [2.05, 4.69) is 29.0 Å². The highest BCUT2D eigenvalue weighted by Gasteiger charge is 2.23. The van der Waals surface area contributed by atoms with E-state index >= 15 is 0 Å². The van der Waals surface area contributed by atoms with Gasteiger partial charge in [0.25, 0.3) is 0 Å². The fourth-order valence-electron chi connectivity index (χ4n) is 4.10. The highest BCUT2D eigenvalue weighted by molar-refractivity contribution is 5.90. The SMILES string of the molecule is CC(C)CCNc1nc(=O)n(CC(=O)N2CCN(c3ccc(F)cc3)CC2)c2ccccc12. The molecule has 33 heavy (non-hydrogen) atoms. The molecule has 174 valence electrons. The van der Waals surface area contributed by atoms with Crippen LogP contribution in [0.5, 0.6) is 0 Å². The first kappa shape index (κ1) is 22.8. The van der Waals surface area contributed by atoms with Gasteiger partial charge in [0.15, 0.2) is 0 Å². The number of aromatic nitrogens is 2. The smallest absolute Gasteiger partial charge is 0.350 e. The third-order valence-corrected chi connectivity index (χ3v) is 6.02. The van der Waals surface area contributed by atoms with Crippen LogP contribution in [0.3, 0.4) is 0 Å². The van der Waals surface area contributed by atoms with Gasteiger partial charge in [0.05, 0.1) is 5.52 Å². The number of para-hydroxylation sites is 1. The van der Waals surface area contributed by atoms with Crippen LogP contribution >= 0.6 is 0 Å². The molecule has 1 aliphatic rings. The number of amides is 1. The van der Waals surface area contributed by atoms with Crippen LogP contribution in [0.25, 0.3) is 10.9 Å². The molecule has 1 N–H and O–H groups in total. The van der Waals surface area contributed by atoms with E-state index in [1.54, 1.807) is 17.0 Å². The molecule has 1 saturated heterocycles. The highest BCUT2D eigenvalue weighted by Crippen LogP contribution is 2.20. The topological polar surface area (TPSA) is 70.5 Å². The monoisotopic (exact) mass is 451 g/mol. The normalized spacial score (nSPS) is 14.2. The Labute approximate surface area is 192 Å². The molecule has 1 aromatic heterocycles. The van der Waals surface area contributed by atoms with Gasteiger partial charge in [-0.15, -0.1) is 0 Å². The number of rotatable bonds is 7. The first-order valence-electron chi connectivity index (χ1n) is 11.4. The van der Waals surface area contributed by atoms with E-state index in [9.17, 15) is 14.0 Å². The average molecular weight is 452 g/mol. The number of carbonyl (C=O) groups excluding carboxylic acids is 1. The maximum absolute atomic E-state index is 13.2. The molecule has 8 heteroatoms. The van der Waals surface area contributed by atoms with Gasteiger partial charge < -0.3 is 15.1 Å². The van der Waals surface area contributed by atoms with Crippen molar-refractivity contribution >= 4 is 28.3 Å². The molecule has 0 radical (unpaired) electrons. The fraction of sp³-hybridized carbons (Fsp3) is 0.400. The van der Waals surface area contributed by atoms with E-state index in [-0.39, 0.29) is 18.3 Å². The zero-order chi connectivity index (χ0) is 23.4. The Balaban J connectivity index is 1.46.